The van der Waals surface area contributed by atoms with Crippen LogP contribution in [0.2, 0.25) is 0 Å². The van der Waals surface area contributed by atoms with Crippen molar-refractivity contribution < 1.29 is 8.42 Å². The van der Waals surface area contributed by atoms with Gasteiger partial charge in [0.15, 0.2) is 0 Å². The van der Waals surface area contributed by atoms with E-state index in [0.717, 1.165) is 18.7 Å². The molecule has 0 aliphatic carbocycles. The van der Waals surface area contributed by atoms with Crippen molar-refractivity contribution in [3.8, 4) is 0 Å². The summed E-state index contributed by atoms with van der Waals surface area (Å²) in [5.41, 5.74) is 1.70. The summed E-state index contributed by atoms with van der Waals surface area (Å²) in [5, 5.41) is 4.96. The fraction of sp³-hybridized carbons (Fsp3) is 0.231. The van der Waals surface area contributed by atoms with Crippen LogP contribution in [0.1, 0.15) is 12.5 Å². The highest BCUT2D eigenvalue weighted by molar-refractivity contribution is 7.94. The van der Waals surface area contributed by atoms with Gasteiger partial charge in [0.1, 0.15) is 4.21 Å². The number of hydrogen-bond donors (Lipinski definition) is 2. The van der Waals surface area contributed by atoms with Gasteiger partial charge in [0, 0.05) is 12.2 Å². The van der Waals surface area contributed by atoms with E-state index in [1.807, 2.05) is 19.1 Å². The monoisotopic (exact) mass is 296 g/mol. The molecule has 2 N–H and O–H groups in total. The Morgan fingerprint density at radius 1 is 1.16 bits per heavy atom. The minimum Gasteiger partial charge on any atom is -0.313 e. The molecule has 0 saturated carbocycles. The number of sulfonamides is 1. The molecule has 4 nitrogen and oxygen atoms in total. The lowest BCUT2D eigenvalue weighted by molar-refractivity contribution is 0.603. The van der Waals surface area contributed by atoms with Crippen LogP contribution in [-0.4, -0.2) is 15.0 Å². The molecular formula is C13H16N2O2S2. The molecule has 0 spiro atoms. The molecule has 0 amide bonds. The van der Waals surface area contributed by atoms with Gasteiger partial charge in [0.2, 0.25) is 0 Å². The molecule has 2 rings (SSSR count). The molecular weight excluding hydrogens is 280 g/mol. The van der Waals surface area contributed by atoms with Gasteiger partial charge in [-0.2, -0.15) is 0 Å². The second-order valence-electron chi connectivity index (χ2n) is 4.01. The van der Waals surface area contributed by atoms with Gasteiger partial charge in [0.05, 0.1) is 0 Å². The predicted molar refractivity (Wildman–Crippen MR) is 79.0 cm³/mol. The lowest BCUT2D eigenvalue weighted by atomic mass is 10.2. The van der Waals surface area contributed by atoms with Crippen molar-refractivity contribution >= 4 is 27.0 Å². The van der Waals surface area contributed by atoms with Crippen molar-refractivity contribution in [2.75, 3.05) is 11.3 Å². The van der Waals surface area contributed by atoms with E-state index in [0.29, 0.717) is 9.90 Å². The fourth-order valence-electron chi connectivity index (χ4n) is 1.58. The lowest BCUT2D eigenvalue weighted by Crippen LogP contribution is -2.13. The second kappa shape index (κ2) is 6.18. The van der Waals surface area contributed by atoms with Gasteiger partial charge in [-0.05, 0) is 35.7 Å². The number of benzene rings is 1. The quantitative estimate of drug-likeness (QED) is 0.861. The van der Waals surface area contributed by atoms with Gasteiger partial charge in [-0.1, -0.05) is 25.1 Å². The second-order valence-corrected chi connectivity index (χ2v) is 6.87. The SMILES string of the molecule is CCNCc1ccc(NS(=O)(=O)c2cccs2)cc1. The summed E-state index contributed by atoms with van der Waals surface area (Å²) in [6.45, 7) is 3.74. The Kier molecular flexibility index (Phi) is 4.57. The first-order chi connectivity index (χ1) is 9.12. The van der Waals surface area contributed by atoms with E-state index < -0.39 is 10.0 Å². The number of anilines is 1. The zero-order valence-corrected chi connectivity index (χ0v) is 12.2. The third kappa shape index (κ3) is 3.79. The summed E-state index contributed by atoms with van der Waals surface area (Å²) < 4.78 is 26.9. The summed E-state index contributed by atoms with van der Waals surface area (Å²) in [6, 6.07) is 10.7. The Balaban J connectivity index is 2.07. The summed E-state index contributed by atoms with van der Waals surface area (Å²) in [5.74, 6) is 0. The van der Waals surface area contributed by atoms with Gasteiger partial charge in [-0.15, -0.1) is 11.3 Å². The molecule has 102 valence electrons. The highest BCUT2D eigenvalue weighted by atomic mass is 32.2. The van der Waals surface area contributed by atoms with Crippen LogP contribution in [0.4, 0.5) is 5.69 Å². The number of thiophene rings is 1. The van der Waals surface area contributed by atoms with E-state index in [1.54, 1.807) is 29.6 Å². The maximum atomic E-state index is 12.0. The van der Waals surface area contributed by atoms with Crippen molar-refractivity contribution in [3.05, 3.63) is 47.3 Å². The van der Waals surface area contributed by atoms with Crippen LogP contribution in [-0.2, 0) is 16.6 Å². The van der Waals surface area contributed by atoms with E-state index in [2.05, 4.69) is 10.0 Å². The van der Waals surface area contributed by atoms with Gasteiger partial charge in [-0.25, -0.2) is 8.42 Å². The molecule has 6 heteroatoms. The molecule has 1 aromatic carbocycles. The van der Waals surface area contributed by atoms with E-state index in [9.17, 15) is 8.42 Å². The van der Waals surface area contributed by atoms with Gasteiger partial charge in [-0.3, -0.25) is 4.72 Å². The van der Waals surface area contributed by atoms with Crippen molar-refractivity contribution in [1.82, 2.24) is 5.32 Å². The summed E-state index contributed by atoms with van der Waals surface area (Å²) in [4.78, 5) is 0. The first-order valence-electron chi connectivity index (χ1n) is 5.98. The number of hydrogen-bond acceptors (Lipinski definition) is 4. The molecule has 1 heterocycles. The van der Waals surface area contributed by atoms with Crippen molar-refractivity contribution in [3.63, 3.8) is 0 Å². The first-order valence-corrected chi connectivity index (χ1v) is 8.34. The summed E-state index contributed by atoms with van der Waals surface area (Å²) in [6.07, 6.45) is 0. The van der Waals surface area contributed by atoms with Crippen LogP contribution < -0.4 is 10.0 Å². The zero-order valence-electron chi connectivity index (χ0n) is 10.6. The average molecular weight is 296 g/mol. The number of nitrogens with one attached hydrogen (secondary N) is 2. The van der Waals surface area contributed by atoms with Crippen molar-refractivity contribution in [1.29, 1.82) is 0 Å². The molecule has 0 aliphatic heterocycles. The first kappa shape index (κ1) is 14.0. The van der Waals surface area contributed by atoms with E-state index in [1.165, 1.54) is 11.3 Å². The molecule has 0 aliphatic rings. The molecule has 2 aromatic rings. The Labute approximate surface area is 117 Å². The molecule has 0 bridgehead atoms. The van der Waals surface area contributed by atoms with Gasteiger partial charge in [0.25, 0.3) is 10.0 Å². The van der Waals surface area contributed by atoms with Crippen LogP contribution in [0.15, 0.2) is 46.0 Å². The minimum absolute atomic E-state index is 0.323. The maximum Gasteiger partial charge on any atom is 0.271 e. The zero-order chi connectivity index (χ0) is 13.7. The Bertz CT molecular complexity index is 605. The van der Waals surface area contributed by atoms with E-state index in [-0.39, 0.29) is 0 Å². The molecule has 19 heavy (non-hydrogen) atoms. The lowest BCUT2D eigenvalue weighted by Gasteiger charge is -2.07. The molecule has 0 saturated heterocycles. The van der Waals surface area contributed by atoms with Crippen LogP contribution in [0.3, 0.4) is 0 Å². The van der Waals surface area contributed by atoms with E-state index in [4.69, 9.17) is 0 Å². The average Bonchev–Trinajstić information content (AvgIpc) is 2.92. The normalized spacial score (nSPS) is 11.4. The van der Waals surface area contributed by atoms with Crippen molar-refractivity contribution in [2.45, 2.75) is 17.7 Å². The summed E-state index contributed by atoms with van der Waals surface area (Å²) in [7, 11) is -3.45. The highest BCUT2D eigenvalue weighted by Crippen LogP contribution is 2.20. The molecule has 1 aromatic heterocycles. The molecule has 0 fully saturated rings. The Morgan fingerprint density at radius 2 is 1.89 bits per heavy atom. The topological polar surface area (TPSA) is 58.2 Å². The van der Waals surface area contributed by atoms with Gasteiger partial charge < -0.3 is 5.32 Å². The molecule has 0 unspecified atom stereocenters. The molecule has 0 radical (unpaired) electrons. The predicted octanol–water partition coefficient (Wildman–Crippen LogP) is 2.66. The third-order valence-corrected chi connectivity index (χ3v) is 5.32. The van der Waals surface area contributed by atoms with Crippen molar-refractivity contribution in [2.24, 2.45) is 0 Å². The largest absolute Gasteiger partial charge is 0.313 e. The standard InChI is InChI=1S/C13H16N2O2S2/c1-2-14-10-11-5-7-12(8-6-11)15-19(16,17)13-4-3-9-18-13/h3-9,14-15H,2,10H2,1H3. The van der Waals surface area contributed by atoms with Crippen LogP contribution in [0.25, 0.3) is 0 Å². The smallest absolute Gasteiger partial charge is 0.271 e. The summed E-state index contributed by atoms with van der Waals surface area (Å²) >= 11 is 1.20. The number of rotatable bonds is 6. The van der Waals surface area contributed by atoms with Crippen LogP contribution in [0.5, 0.6) is 0 Å². The minimum atomic E-state index is -3.45. The van der Waals surface area contributed by atoms with E-state index >= 15 is 0 Å². The van der Waals surface area contributed by atoms with Crippen LogP contribution in [0, 0.1) is 0 Å². The highest BCUT2D eigenvalue weighted by Gasteiger charge is 2.14. The van der Waals surface area contributed by atoms with Gasteiger partial charge >= 0.3 is 0 Å². The Morgan fingerprint density at radius 3 is 2.47 bits per heavy atom. The fourth-order valence-corrected chi connectivity index (χ4v) is 3.63. The molecule has 0 atom stereocenters. The van der Waals surface area contributed by atoms with Crippen LogP contribution >= 0.6 is 11.3 Å². The maximum absolute atomic E-state index is 12.0. The Hall–Kier alpha value is -1.37. The third-order valence-electron chi connectivity index (χ3n) is 2.55.